The van der Waals surface area contributed by atoms with Gasteiger partial charge in [0.1, 0.15) is 17.1 Å². The minimum Gasteiger partial charge on any atom is -0.495 e. The Hall–Kier alpha value is -3.20. The van der Waals surface area contributed by atoms with Crippen LogP contribution >= 0.6 is 11.3 Å². The predicted molar refractivity (Wildman–Crippen MR) is 106 cm³/mol. The number of ether oxygens (including phenoxy) is 2. The topological polar surface area (TPSA) is 99.5 Å². The summed E-state index contributed by atoms with van der Waals surface area (Å²) in [4.78, 5) is 41.9. The summed E-state index contributed by atoms with van der Waals surface area (Å²) in [6.07, 6.45) is 1.29. The number of esters is 1. The lowest BCUT2D eigenvalue weighted by Crippen LogP contribution is -2.28. The van der Waals surface area contributed by atoms with Gasteiger partial charge in [-0.15, -0.1) is 11.3 Å². The summed E-state index contributed by atoms with van der Waals surface area (Å²) in [5, 5.41) is 4.44. The zero-order valence-corrected chi connectivity index (χ0v) is 16.5. The van der Waals surface area contributed by atoms with Crippen molar-refractivity contribution in [3.8, 4) is 5.75 Å². The monoisotopic (exact) mass is 401 g/mol. The fourth-order valence-corrected chi connectivity index (χ4v) is 3.57. The Morgan fingerprint density at radius 1 is 1.32 bits per heavy atom. The summed E-state index contributed by atoms with van der Waals surface area (Å²) < 4.78 is 11.4. The number of hydrogen-bond acceptors (Lipinski definition) is 7. The second-order valence-corrected chi connectivity index (χ2v) is 6.84. The standard InChI is InChI=1S/C19H19N3O5S/c1-4-27-19(25)12-9-28-17-16(12)18(24)22(10-20-17)8-15(23)21-13-7-11(2)5-6-14(13)26-3/h5-7,9-10H,4,8H2,1-3H3,(H,21,23). The van der Waals surface area contributed by atoms with Gasteiger partial charge in [-0.1, -0.05) is 6.07 Å². The minimum atomic E-state index is -0.584. The molecule has 0 aliphatic rings. The van der Waals surface area contributed by atoms with Gasteiger partial charge in [-0.3, -0.25) is 14.2 Å². The Labute approximate surface area is 164 Å². The van der Waals surface area contributed by atoms with Gasteiger partial charge in [0.05, 0.1) is 36.7 Å². The van der Waals surface area contributed by atoms with Gasteiger partial charge in [-0.05, 0) is 31.5 Å². The van der Waals surface area contributed by atoms with Gasteiger partial charge >= 0.3 is 5.97 Å². The number of nitrogens with zero attached hydrogens (tertiary/aromatic N) is 2. The lowest BCUT2D eigenvalue weighted by molar-refractivity contribution is -0.116. The highest BCUT2D eigenvalue weighted by molar-refractivity contribution is 7.17. The summed E-state index contributed by atoms with van der Waals surface area (Å²) in [6, 6.07) is 5.39. The zero-order valence-electron chi connectivity index (χ0n) is 15.6. The maximum absolute atomic E-state index is 12.8. The van der Waals surface area contributed by atoms with Crippen LogP contribution in [0.15, 0.2) is 34.7 Å². The van der Waals surface area contributed by atoms with Crippen molar-refractivity contribution in [1.82, 2.24) is 9.55 Å². The number of thiophene rings is 1. The molecule has 0 fully saturated rings. The fraction of sp³-hybridized carbons (Fsp3) is 0.263. The van der Waals surface area contributed by atoms with Crippen LogP contribution in [-0.4, -0.2) is 35.1 Å². The van der Waals surface area contributed by atoms with Crippen molar-refractivity contribution in [3.05, 3.63) is 51.4 Å². The van der Waals surface area contributed by atoms with Crippen molar-refractivity contribution in [1.29, 1.82) is 0 Å². The van der Waals surface area contributed by atoms with Crippen LogP contribution in [0.3, 0.4) is 0 Å². The Morgan fingerprint density at radius 2 is 2.11 bits per heavy atom. The van der Waals surface area contributed by atoms with E-state index in [4.69, 9.17) is 9.47 Å². The number of carbonyl (C=O) groups excluding carboxylic acids is 2. The number of aromatic nitrogens is 2. The van der Waals surface area contributed by atoms with E-state index in [1.54, 1.807) is 24.4 Å². The average Bonchev–Trinajstić information content (AvgIpc) is 3.09. The normalized spacial score (nSPS) is 10.7. The van der Waals surface area contributed by atoms with E-state index >= 15 is 0 Å². The van der Waals surface area contributed by atoms with E-state index in [-0.39, 0.29) is 24.1 Å². The van der Waals surface area contributed by atoms with Gasteiger partial charge in [0.15, 0.2) is 0 Å². The molecule has 0 saturated carbocycles. The molecule has 9 heteroatoms. The molecule has 0 radical (unpaired) electrons. The molecule has 3 aromatic rings. The van der Waals surface area contributed by atoms with Crippen molar-refractivity contribution in [3.63, 3.8) is 0 Å². The van der Waals surface area contributed by atoms with Crippen LogP contribution in [0.1, 0.15) is 22.8 Å². The lowest BCUT2D eigenvalue weighted by atomic mass is 10.2. The van der Waals surface area contributed by atoms with Crippen LogP contribution in [-0.2, 0) is 16.1 Å². The number of hydrogen-bond donors (Lipinski definition) is 1. The molecule has 8 nitrogen and oxygen atoms in total. The number of benzene rings is 1. The van der Waals surface area contributed by atoms with Crippen LogP contribution in [0, 0.1) is 6.92 Å². The number of anilines is 1. The molecular weight excluding hydrogens is 382 g/mol. The quantitative estimate of drug-likeness (QED) is 0.638. The van der Waals surface area contributed by atoms with Crippen molar-refractivity contribution in [2.24, 2.45) is 0 Å². The molecule has 0 atom stereocenters. The average molecular weight is 401 g/mol. The van der Waals surface area contributed by atoms with Crippen molar-refractivity contribution in [2.75, 3.05) is 19.0 Å². The van der Waals surface area contributed by atoms with Crippen molar-refractivity contribution >= 4 is 39.1 Å². The number of nitrogens with one attached hydrogen (secondary N) is 1. The Kier molecular flexibility index (Phi) is 5.74. The summed E-state index contributed by atoms with van der Waals surface area (Å²) in [6.45, 7) is 3.53. The van der Waals surface area contributed by atoms with E-state index in [2.05, 4.69) is 10.3 Å². The first-order valence-electron chi connectivity index (χ1n) is 8.52. The highest BCUT2D eigenvalue weighted by Crippen LogP contribution is 2.25. The predicted octanol–water partition coefficient (Wildman–Crippen LogP) is 2.59. The minimum absolute atomic E-state index is 0.159. The third-order valence-corrected chi connectivity index (χ3v) is 4.89. The van der Waals surface area contributed by atoms with Crippen LogP contribution in [0.25, 0.3) is 10.2 Å². The Balaban J connectivity index is 1.88. The molecule has 0 unspecified atom stereocenters. The third-order valence-electron chi connectivity index (χ3n) is 4.00. The SMILES string of the molecule is CCOC(=O)c1csc2ncn(CC(=O)Nc3cc(C)ccc3OC)c(=O)c12. The highest BCUT2D eigenvalue weighted by Gasteiger charge is 2.19. The smallest absolute Gasteiger partial charge is 0.339 e. The summed E-state index contributed by atoms with van der Waals surface area (Å²) in [5.41, 5.74) is 1.15. The van der Waals surface area contributed by atoms with Crippen LogP contribution in [0.2, 0.25) is 0 Å². The fourth-order valence-electron chi connectivity index (χ4n) is 2.70. The molecule has 1 N–H and O–H groups in total. The first-order valence-corrected chi connectivity index (χ1v) is 9.40. The largest absolute Gasteiger partial charge is 0.495 e. The number of fused-ring (bicyclic) bond motifs is 1. The van der Waals surface area contributed by atoms with E-state index in [1.807, 2.05) is 13.0 Å². The molecule has 0 saturated heterocycles. The Morgan fingerprint density at radius 3 is 2.82 bits per heavy atom. The van der Waals surface area contributed by atoms with Crippen LogP contribution < -0.4 is 15.6 Å². The van der Waals surface area contributed by atoms with Crippen LogP contribution in [0.5, 0.6) is 5.75 Å². The first-order chi connectivity index (χ1) is 13.4. The van der Waals surface area contributed by atoms with E-state index in [9.17, 15) is 14.4 Å². The van der Waals surface area contributed by atoms with E-state index < -0.39 is 17.4 Å². The van der Waals surface area contributed by atoms with Gasteiger partial charge in [-0.2, -0.15) is 0 Å². The van der Waals surface area contributed by atoms with Gasteiger partial charge in [-0.25, -0.2) is 9.78 Å². The van der Waals surface area contributed by atoms with Crippen molar-refractivity contribution < 1.29 is 19.1 Å². The van der Waals surface area contributed by atoms with Crippen LogP contribution in [0.4, 0.5) is 5.69 Å². The molecular formula is C19H19N3O5S. The third kappa shape index (κ3) is 3.89. The molecule has 1 amide bonds. The lowest BCUT2D eigenvalue weighted by Gasteiger charge is -2.12. The molecule has 3 rings (SSSR count). The molecule has 28 heavy (non-hydrogen) atoms. The molecule has 2 heterocycles. The number of amides is 1. The maximum Gasteiger partial charge on any atom is 0.339 e. The van der Waals surface area contributed by atoms with E-state index in [0.29, 0.717) is 16.3 Å². The number of rotatable bonds is 6. The summed E-state index contributed by atoms with van der Waals surface area (Å²) in [7, 11) is 1.51. The second kappa shape index (κ2) is 8.22. The molecule has 0 aliphatic heterocycles. The number of methoxy groups -OCH3 is 1. The Bertz CT molecular complexity index is 1100. The second-order valence-electron chi connectivity index (χ2n) is 5.98. The zero-order chi connectivity index (χ0) is 20.3. The maximum atomic E-state index is 12.8. The van der Waals surface area contributed by atoms with Gasteiger partial charge in [0.25, 0.3) is 5.56 Å². The van der Waals surface area contributed by atoms with E-state index in [0.717, 1.165) is 10.1 Å². The molecule has 1 aromatic carbocycles. The van der Waals surface area contributed by atoms with Gasteiger partial charge in [0.2, 0.25) is 5.91 Å². The van der Waals surface area contributed by atoms with Gasteiger partial charge in [0, 0.05) is 5.38 Å². The molecule has 0 aliphatic carbocycles. The molecule has 146 valence electrons. The van der Waals surface area contributed by atoms with Crippen molar-refractivity contribution in [2.45, 2.75) is 20.4 Å². The molecule has 0 spiro atoms. The summed E-state index contributed by atoms with van der Waals surface area (Å²) in [5.74, 6) is -0.485. The highest BCUT2D eigenvalue weighted by atomic mass is 32.1. The summed E-state index contributed by atoms with van der Waals surface area (Å²) >= 11 is 1.18. The molecule has 0 bridgehead atoms. The molecule has 2 aromatic heterocycles. The van der Waals surface area contributed by atoms with Gasteiger partial charge < -0.3 is 14.8 Å². The van der Waals surface area contributed by atoms with E-state index in [1.165, 1.54) is 24.8 Å². The first kappa shape index (κ1) is 19.6. The number of aryl methyl sites for hydroxylation is 1. The number of carbonyl (C=O) groups is 2.